The maximum Gasteiger partial charge on any atom is 0.253 e. The van der Waals surface area contributed by atoms with E-state index in [1.165, 1.54) is 37.7 Å². The number of nitrogens with zero attached hydrogens (tertiary/aromatic N) is 6. The van der Waals surface area contributed by atoms with Gasteiger partial charge in [0.15, 0.2) is 0 Å². The first-order chi connectivity index (χ1) is 14.8. The van der Waals surface area contributed by atoms with Crippen molar-refractivity contribution < 1.29 is 4.79 Å². The summed E-state index contributed by atoms with van der Waals surface area (Å²) in [5.74, 6) is 1.62. The highest BCUT2D eigenvalue weighted by Gasteiger charge is 2.36. The van der Waals surface area contributed by atoms with Crippen LogP contribution in [0.15, 0.2) is 36.9 Å². The molecule has 5 rings (SSSR count). The molecule has 1 amide bonds. The maximum atomic E-state index is 12.9. The highest BCUT2D eigenvalue weighted by molar-refractivity contribution is 5.94. The Balaban J connectivity index is 1.10. The molecule has 2 saturated heterocycles. The summed E-state index contributed by atoms with van der Waals surface area (Å²) in [7, 11) is 0. The van der Waals surface area contributed by atoms with Gasteiger partial charge in [0.05, 0.1) is 0 Å². The number of benzene rings is 1. The third kappa shape index (κ3) is 4.03. The van der Waals surface area contributed by atoms with Crippen LogP contribution in [0, 0.1) is 0 Å². The summed E-state index contributed by atoms with van der Waals surface area (Å²) in [6.45, 7) is 5.45. The lowest BCUT2D eigenvalue weighted by atomic mass is 9.84. The zero-order valence-electron chi connectivity index (χ0n) is 17.5. The van der Waals surface area contributed by atoms with E-state index in [-0.39, 0.29) is 5.91 Å². The van der Waals surface area contributed by atoms with Gasteiger partial charge in [-0.3, -0.25) is 9.69 Å². The van der Waals surface area contributed by atoms with Gasteiger partial charge in [0.25, 0.3) is 5.91 Å². The number of anilines is 1. The van der Waals surface area contributed by atoms with Crippen LogP contribution in [0.25, 0.3) is 0 Å². The van der Waals surface area contributed by atoms with Crippen LogP contribution in [0.1, 0.15) is 53.9 Å². The molecule has 0 unspecified atom stereocenters. The molecule has 0 spiro atoms. The SMILES string of the molecule is O=C(c1ccc(C2CCCCC2)cc1)N1CC(N2CCN(c3ncncn3)CC2)C1. The Hall–Kier alpha value is -2.54. The lowest BCUT2D eigenvalue weighted by Crippen LogP contribution is -2.64. The number of carbonyl (C=O) groups excluding carboxylic acids is 1. The minimum absolute atomic E-state index is 0.172. The molecular weight excluding hydrogens is 376 g/mol. The van der Waals surface area contributed by atoms with Crippen LogP contribution in [0.3, 0.4) is 0 Å². The molecule has 3 aliphatic rings. The average Bonchev–Trinajstić information content (AvgIpc) is 2.80. The summed E-state index contributed by atoms with van der Waals surface area (Å²) in [6, 6.07) is 8.90. The number of likely N-dealkylation sites (tertiary alicyclic amines) is 1. The number of piperazine rings is 1. The molecule has 1 aromatic heterocycles. The van der Waals surface area contributed by atoms with Crippen LogP contribution in [0.2, 0.25) is 0 Å². The molecule has 0 atom stereocenters. The van der Waals surface area contributed by atoms with Crippen LogP contribution >= 0.6 is 0 Å². The van der Waals surface area contributed by atoms with Crippen molar-refractivity contribution in [3.8, 4) is 0 Å². The largest absolute Gasteiger partial charge is 0.338 e. The van der Waals surface area contributed by atoms with Crippen molar-refractivity contribution in [3.05, 3.63) is 48.0 Å². The van der Waals surface area contributed by atoms with E-state index in [0.717, 1.165) is 50.8 Å². The van der Waals surface area contributed by atoms with Crippen LogP contribution in [0.5, 0.6) is 0 Å². The lowest BCUT2D eigenvalue weighted by molar-refractivity contribution is 0.0246. The van der Waals surface area contributed by atoms with Crippen molar-refractivity contribution >= 4 is 11.9 Å². The summed E-state index contributed by atoms with van der Waals surface area (Å²) >= 11 is 0. The summed E-state index contributed by atoms with van der Waals surface area (Å²) < 4.78 is 0. The minimum atomic E-state index is 0.172. The van der Waals surface area contributed by atoms with Gasteiger partial charge < -0.3 is 9.80 Å². The average molecular weight is 407 g/mol. The third-order valence-electron chi connectivity index (χ3n) is 6.98. The molecule has 30 heavy (non-hydrogen) atoms. The Morgan fingerprint density at radius 2 is 1.53 bits per heavy atom. The van der Waals surface area contributed by atoms with Gasteiger partial charge in [-0.25, -0.2) is 15.0 Å². The maximum absolute atomic E-state index is 12.9. The van der Waals surface area contributed by atoms with E-state index in [0.29, 0.717) is 12.0 Å². The molecule has 0 N–H and O–H groups in total. The minimum Gasteiger partial charge on any atom is -0.338 e. The zero-order chi connectivity index (χ0) is 20.3. The van der Waals surface area contributed by atoms with Crippen molar-refractivity contribution in [2.75, 3.05) is 44.2 Å². The summed E-state index contributed by atoms with van der Waals surface area (Å²) in [5.41, 5.74) is 2.23. The van der Waals surface area contributed by atoms with Gasteiger partial charge in [-0.1, -0.05) is 31.4 Å². The Kier molecular flexibility index (Phi) is 5.62. The van der Waals surface area contributed by atoms with Crippen molar-refractivity contribution in [1.82, 2.24) is 24.8 Å². The highest BCUT2D eigenvalue weighted by atomic mass is 16.2. The standard InChI is InChI=1S/C23H30N6O/c30-22(20-8-6-19(7-9-20)18-4-2-1-3-5-18)29-14-21(15-29)27-10-12-28(13-11-27)23-25-16-24-17-26-23/h6-9,16-18,21H,1-5,10-15H2. The van der Waals surface area contributed by atoms with Crippen LogP contribution in [-0.4, -0.2) is 76.0 Å². The normalized spacial score (nSPS) is 21.5. The Bertz CT molecular complexity index is 838. The van der Waals surface area contributed by atoms with Gasteiger partial charge in [0.2, 0.25) is 5.95 Å². The first-order valence-corrected chi connectivity index (χ1v) is 11.3. The van der Waals surface area contributed by atoms with Crippen LogP contribution in [-0.2, 0) is 0 Å². The van der Waals surface area contributed by atoms with Gasteiger partial charge in [0, 0.05) is 50.9 Å². The molecule has 2 aromatic rings. The molecule has 1 aliphatic carbocycles. The van der Waals surface area contributed by atoms with Gasteiger partial charge >= 0.3 is 0 Å². The predicted molar refractivity (Wildman–Crippen MR) is 116 cm³/mol. The molecule has 1 saturated carbocycles. The Morgan fingerprint density at radius 3 is 2.20 bits per heavy atom. The molecule has 3 heterocycles. The van der Waals surface area contributed by atoms with E-state index >= 15 is 0 Å². The number of aromatic nitrogens is 3. The molecule has 7 nitrogen and oxygen atoms in total. The van der Waals surface area contributed by atoms with Gasteiger partial charge in [-0.05, 0) is 36.5 Å². The van der Waals surface area contributed by atoms with Crippen molar-refractivity contribution in [2.24, 2.45) is 0 Å². The van der Waals surface area contributed by atoms with E-state index in [1.807, 2.05) is 17.0 Å². The van der Waals surface area contributed by atoms with Gasteiger partial charge in [-0.15, -0.1) is 0 Å². The fraction of sp³-hybridized carbons (Fsp3) is 0.565. The molecule has 0 bridgehead atoms. The summed E-state index contributed by atoms with van der Waals surface area (Å²) in [5, 5.41) is 0. The number of carbonyl (C=O) groups is 1. The molecule has 7 heteroatoms. The predicted octanol–water partition coefficient (Wildman–Crippen LogP) is 2.57. The molecule has 3 fully saturated rings. The number of amides is 1. The van der Waals surface area contributed by atoms with Gasteiger partial charge in [-0.2, -0.15) is 0 Å². The zero-order valence-corrected chi connectivity index (χ0v) is 17.5. The van der Waals surface area contributed by atoms with E-state index in [9.17, 15) is 4.79 Å². The summed E-state index contributed by atoms with van der Waals surface area (Å²) in [6.07, 6.45) is 9.73. The first kappa shape index (κ1) is 19.4. The second-order valence-electron chi connectivity index (χ2n) is 8.78. The van der Waals surface area contributed by atoms with Crippen molar-refractivity contribution in [3.63, 3.8) is 0 Å². The Labute approximate surface area is 178 Å². The molecule has 2 aliphatic heterocycles. The third-order valence-corrected chi connectivity index (χ3v) is 6.98. The first-order valence-electron chi connectivity index (χ1n) is 11.3. The van der Waals surface area contributed by atoms with E-state index in [2.05, 4.69) is 36.9 Å². The summed E-state index contributed by atoms with van der Waals surface area (Å²) in [4.78, 5) is 31.9. The fourth-order valence-corrected chi connectivity index (χ4v) is 5.05. The van der Waals surface area contributed by atoms with E-state index in [1.54, 1.807) is 12.7 Å². The smallest absolute Gasteiger partial charge is 0.253 e. The molecular formula is C23H30N6O. The van der Waals surface area contributed by atoms with E-state index in [4.69, 9.17) is 0 Å². The highest BCUT2D eigenvalue weighted by Crippen LogP contribution is 2.32. The topological polar surface area (TPSA) is 65.5 Å². The Morgan fingerprint density at radius 1 is 0.867 bits per heavy atom. The van der Waals surface area contributed by atoms with Crippen LogP contribution in [0.4, 0.5) is 5.95 Å². The lowest BCUT2D eigenvalue weighted by Gasteiger charge is -2.48. The van der Waals surface area contributed by atoms with Crippen LogP contribution < -0.4 is 4.90 Å². The van der Waals surface area contributed by atoms with Crippen molar-refractivity contribution in [1.29, 1.82) is 0 Å². The van der Waals surface area contributed by atoms with E-state index < -0.39 is 0 Å². The molecule has 0 radical (unpaired) electrons. The number of hydrogen-bond donors (Lipinski definition) is 0. The fourth-order valence-electron chi connectivity index (χ4n) is 5.05. The molecule has 1 aromatic carbocycles. The quantitative estimate of drug-likeness (QED) is 0.778. The number of rotatable bonds is 4. The van der Waals surface area contributed by atoms with Crippen molar-refractivity contribution in [2.45, 2.75) is 44.1 Å². The second-order valence-corrected chi connectivity index (χ2v) is 8.78. The second kappa shape index (κ2) is 8.68. The monoisotopic (exact) mass is 406 g/mol. The number of hydrogen-bond acceptors (Lipinski definition) is 6. The molecule has 158 valence electrons. The van der Waals surface area contributed by atoms with Gasteiger partial charge in [0.1, 0.15) is 12.7 Å².